The van der Waals surface area contributed by atoms with Gasteiger partial charge in [0.2, 0.25) is 18.1 Å². The number of ether oxygens (including phenoxy) is 2. The summed E-state index contributed by atoms with van der Waals surface area (Å²) in [5, 5.41) is 5.57. The summed E-state index contributed by atoms with van der Waals surface area (Å²) in [4.78, 5) is 52.7. The van der Waals surface area contributed by atoms with E-state index in [0.717, 1.165) is 25.3 Å². The van der Waals surface area contributed by atoms with Crippen LogP contribution in [-0.4, -0.2) is 65.7 Å². The molecule has 1 aromatic rings. The average molecular weight is 476 g/mol. The standard InChI is InChI=1S/C24H30FN3O6/c1-2-33-24-18(13-20(29)34-24)27-22(31)19-11-10-16-8-3-4-9-17(23(32)28(16)19)26-21(30)14-6-5-7-15(25)12-14/h5-7,12,16-19,24H,2-4,8-11,13H2,1H3,(H,26,30)(H,27,31)/t16-,17-,18?,19-,24?/m0/s1. The summed E-state index contributed by atoms with van der Waals surface area (Å²) in [5.41, 5.74) is 0.134. The highest BCUT2D eigenvalue weighted by Gasteiger charge is 2.45. The molecule has 10 heteroatoms. The smallest absolute Gasteiger partial charge is 0.310 e. The zero-order valence-corrected chi connectivity index (χ0v) is 19.1. The van der Waals surface area contributed by atoms with Gasteiger partial charge in [0.05, 0.1) is 6.42 Å². The zero-order chi connectivity index (χ0) is 24.2. The van der Waals surface area contributed by atoms with Crippen LogP contribution in [0.1, 0.15) is 62.2 Å². The Labute approximate surface area is 197 Å². The molecule has 0 aromatic heterocycles. The van der Waals surface area contributed by atoms with Crippen molar-refractivity contribution >= 4 is 23.7 Å². The SMILES string of the molecule is CCOC1OC(=O)CC1NC(=O)[C@@H]1CC[C@@H]2CCCC[C@H](NC(=O)c3cccc(F)c3)C(=O)N21. The zero-order valence-electron chi connectivity index (χ0n) is 19.1. The number of nitrogens with one attached hydrogen (secondary N) is 2. The van der Waals surface area contributed by atoms with Crippen molar-refractivity contribution in [3.63, 3.8) is 0 Å². The van der Waals surface area contributed by atoms with Crippen molar-refractivity contribution in [2.45, 2.75) is 82.3 Å². The number of rotatable bonds is 6. The molecule has 3 heterocycles. The molecule has 0 radical (unpaired) electrons. The molecule has 3 aliphatic heterocycles. The number of esters is 1. The molecule has 3 amide bonds. The van der Waals surface area contributed by atoms with Crippen LogP contribution >= 0.6 is 0 Å². The largest absolute Gasteiger partial charge is 0.433 e. The van der Waals surface area contributed by atoms with Gasteiger partial charge in [-0.15, -0.1) is 0 Å². The Morgan fingerprint density at radius 3 is 2.71 bits per heavy atom. The molecule has 0 bridgehead atoms. The lowest BCUT2D eigenvalue weighted by molar-refractivity contribution is -0.164. The predicted octanol–water partition coefficient (Wildman–Crippen LogP) is 1.65. The minimum absolute atomic E-state index is 0.00677. The van der Waals surface area contributed by atoms with E-state index in [1.165, 1.54) is 18.2 Å². The molecule has 3 saturated heterocycles. The Balaban J connectivity index is 1.47. The Kier molecular flexibility index (Phi) is 7.45. The number of nitrogens with zero attached hydrogens (tertiary/aromatic N) is 1. The van der Waals surface area contributed by atoms with Crippen molar-refractivity contribution in [1.82, 2.24) is 15.5 Å². The van der Waals surface area contributed by atoms with E-state index in [4.69, 9.17) is 9.47 Å². The highest BCUT2D eigenvalue weighted by Crippen LogP contribution is 2.32. The number of fused-ring (bicyclic) bond motifs is 1. The van der Waals surface area contributed by atoms with E-state index in [2.05, 4.69) is 10.6 Å². The van der Waals surface area contributed by atoms with Crippen LogP contribution in [0.2, 0.25) is 0 Å². The third-order valence-electron chi connectivity index (χ3n) is 6.65. The number of hydrogen-bond donors (Lipinski definition) is 2. The predicted molar refractivity (Wildman–Crippen MR) is 118 cm³/mol. The maximum absolute atomic E-state index is 13.5. The van der Waals surface area contributed by atoms with Gasteiger partial charge in [-0.2, -0.15) is 0 Å². The molecule has 4 rings (SSSR count). The van der Waals surface area contributed by atoms with Crippen LogP contribution in [0, 0.1) is 5.82 Å². The summed E-state index contributed by atoms with van der Waals surface area (Å²) in [7, 11) is 0. The second kappa shape index (κ2) is 10.5. The van der Waals surface area contributed by atoms with Gasteiger partial charge in [-0.1, -0.05) is 18.9 Å². The van der Waals surface area contributed by atoms with E-state index in [-0.39, 0.29) is 29.8 Å². The maximum Gasteiger partial charge on any atom is 0.310 e. The molecule has 0 saturated carbocycles. The van der Waals surface area contributed by atoms with Crippen LogP contribution in [0.5, 0.6) is 0 Å². The second-order valence-electron chi connectivity index (χ2n) is 8.95. The van der Waals surface area contributed by atoms with Gasteiger partial charge in [0.25, 0.3) is 5.91 Å². The lowest BCUT2D eigenvalue weighted by atomic mass is 9.98. The average Bonchev–Trinajstić information content (AvgIpc) is 3.37. The number of benzene rings is 1. The molecule has 184 valence electrons. The van der Waals surface area contributed by atoms with Crippen molar-refractivity contribution in [3.8, 4) is 0 Å². The van der Waals surface area contributed by atoms with Crippen molar-refractivity contribution in [2.75, 3.05) is 6.61 Å². The summed E-state index contributed by atoms with van der Waals surface area (Å²) in [6, 6.07) is 3.07. The first-order valence-corrected chi connectivity index (χ1v) is 11.9. The Hall–Kier alpha value is -3.01. The molecule has 5 atom stereocenters. The number of amides is 3. The van der Waals surface area contributed by atoms with Crippen LogP contribution in [0.25, 0.3) is 0 Å². The second-order valence-corrected chi connectivity index (χ2v) is 8.95. The highest BCUT2D eigenvalue weighted by molar-refractivity contribution is 5.98. The van der Waals surface area contributed by atoms with Gasteiger partial charge in [-0.25, -0.2) is 4.39 Å². The van der Waals surface area contributed by atoms with E-state index in [9.17, 15) is 23.6 Å². The fraction of sp³-hybridized carbons (Fsp3) is 0.583. The lowest BCUT2D eigenvalue weighted by Crippen LogP contribution is -2.57. The number of hydrogen-bond acceptors (Lipinski definition) is 6. The lowest BCUT2D eigenvalue weighted by Gasteiger charge is -2.35. The van der Waals surface area contributed by atoms with Crippen molar-refractivity contribution in [1.29, 1.82) is 0 Å². The first kappa shape index (κ1) is 24.1. The van der Waals surface area contributed by atoms with Gasteiger partial charge < -0.3 is 25.0 Å². The van der Waals surface area contributed by atoms with Gasteiger partial charge >= 0.3 is 5.97 Å². The van der Waals surface area contributed by atoms with Gasteiger partial charge in [-0.3, -0.25) is 19.2 Å². The van der Waals surface area contributed by atoms with Crippen LogP contribution in [-0.2, 0) is 23.9 Å². The summed E-state index contributed by atoms with van der Waals surface area (Å²) >= 11 is 0. The van der Waals surface area contributed by atoms with Gasteiger partial charge in [-0.05, 0) is 50.8 Å². The van der Waals surface area contributed by atoms with Crippen molar-refractivity contribution < 1.29 is 33.0 Å². The number of halogens is 1. The van der Waals surface area contributed by atoms with E-state index in [1.807, 2.05) is 0 Å². The Morgan fingerprint density at radius 1 is 1.15 bits per heavy atom. The van der Waals surface area contributed by atoms with E-state index in [1.54, 1.807) is 11.8 Å². The summed E-state index contributed by atoms with van der Waals surface area (Å²) in [5.74, 6) is -2.19. The molecule has 3 fully saturated rings. The molecular weight excluding hydrogens is 445 g/mol. The third-order valence-corrected chi connectivity index (χ3v) is 6.65. The summed E-state index contributed by atoms with van der Waals surface area (Å²) < 4.78 is 24.1. The van der Waals surface area contributed by atoms with Crippen LogP contribution in [0.4, 0.5) is 4.39 Å². The Morgan fingerprint density at radius 2 is 1.94 bits per heavy atom. The summed E-state index contributed by atoms with van der Waals surface area (Å²) in [6.45, 7) is 2.09. The topological polar surface area (TPSA) is 114 Å². The summed E-state index contributed by atoms with van der Waals surface area (Å²) in [6.07, 6.45) is 3.19. The van der Waals surface area contributed by atoms with Crippen molar-refractivity contribution in [3.05, 3.63) is 35.6 Å². The molecule has 34 heavy (non-hydrogen) atoms. The molecule has 3 aliphatic rings. The fourth-order valence-corrected chi connectivity index (χ4v) is 5.04. The minimum atomic E-state index is -0.847. The number of carbonyl (C=O) groups excluding carboxylic acids is 4. The first-order valence-electron chi connectivity index (χ1n) is 11.9. The van der Waals surface area contributed by atoms with Crippen LogP contribution in [0.15, 0.2) is 24.3 Å². The van der Waals surface area contributed by atoms with Gasteiger partial charge in [0.1, 0.15) is 23.9 Å². The molecule has 1 aromatic carbocycles. The van der Waals surface area contributed by atoms with Crippen LogP contribution < -0.4 is 10.6 Å². The van der Waals surface area contributed by atoms with Gasteiger partial charge in [0, 0.05) is 18.2 Å². The molecule has 0 spiro atoms. The normalized spacial score (nSPS) is 29.1. The minimum Gasteiger partial charge on any atom is -0.433 e. The highest BCUT2D eigenvalue weighted by atomic mass is 19.1. The quantitative estimate of drug-likeness (QED) is 0.605. The molecule has 2 N–H and O–H groups in total. The van der Waals surface area contributed by atoms with Crippen molar-refractivity contribution in [2.24, 2.45) is 0 Å². The monoisotopic (exact) mass is 475 g/mol. The number of cyclic esters (lactones) is 1. The fourth-order valence-electron chi connectivity index (χ4n) is 5.04. The van der Waals surface area contributed by atoms with E-state index >= 15 is 0 Å². The molecule has 0 aliphatic carbocycles. The first-order chi connectivity index (χ1) is 16.4. The number of carbonyl (C=O) groups is 4. The van der Waals surface area contributed by atoms with Crippen LogP contribution in [0.3, 0.4) is 0 Å². The molecular formula is C24H30FN3O6. The maximum atomic E-state index is 13.5. The molecule has 9 nitrogen and oxygen atoms in total. The Bertz CT molecular complexity index is 956. The third kappa shape index (κ3) is 5.22. The van der Waals surface area contributed by atoms with Gasteiger partial charge in [0.15, 0.2) is 0 Å². The van der Waals surface area contributed by atoms with E-state index < -0.39 is 42.1 Å². The van der Waals surface area contributed by atoms with E-state index in [0.29, 0.717) is 25.9 Å². The molecule has 2 unspecified atom stereocenters.